The number of methoxy groups -OCH3 is 1. The molecule has 1 fully saturated rings. The average Bonchev–Trinajstić information content (AvgIpc) is 3.24. The van der Waals surface area contributed by atoms with Gasteiger partial charge in [-0.1, -0.05) is 0 Å². The highest BCUT2D eigenvalue weighted by atomic mass is 16.5. The van der Waals surface area contributed by atoms with Crippen molar-refractivity contribution in [3.63, 3.8) is 0 Å². The number of likely N-dealkylation sites (tertiary alicyclic amines) is 1. The highest BCUT2D eigenvalue weighted by Gasteiger charge is 2.26. The number of aliphatic carboxylic acids is 1. The van der Waals surface area contributed by atoms with E-state index in [4.69, 9.17) is 9.84 Å². The Kier molecular flexibility index (Phi) is 5.60. The summed E-state index contributed by atoms with van der Waals surface area (Å²) in [4.78, 5) is 25.3. The molecule has 0 saturated carbocycles. The largest absolute Gasteiger partial charge is 0.481 e. The molecule has 0 radical (unpaired) electrons. The predicted molar refractivity (Wildman–Crippen MR) is 100 cm³/mol. The summed E-state index contributed by atoms with van der Waals surface area (Å²) < 4.78 is 7.13. The van der Waals surface area contributed by atoms with E-state index in [1.807, 2.05) is 43.0 Å². The van der Waals surface area contributed by atoms with Crippen LogP contribution in [0.2, 0.25) is 0 Å². The summed E-state index contributed by atoms with van der Waals surface area (Å²) >= 11 is 0. The first-order chi connectivity index (χ1) is 12.9. The van der Waals surface area contributed by atoms with Crippen molar-refractivity contribution in [2.45, 2.75) is 39.2 Å². The van der Waals surface area contributed by atoms with Crippen molar-refractivity contribution in [2.75, 3.05) is 20.2 Å². The zero-order valence-electron chi connectivity index (χ0n) is 15.9. The topological polar surface area (TPSA) is 84.7 Å². The minimum Gasteiger partial charge on any atom is -0.481 e. The Labute approximate surface area is 158 Å². The van der Waals surface area contributed by atoms with Gasteiger partial charge in [0.15, 0.2) is 0 Å². The molecule has 7 nitrogen and oxygen atoms in total. The fourth-order valence-electron chi connectivity index (χ4n) is 3.55. The fourth-order valence-corrected chi connectivity index (χ4v) is 3.55. The number of carboxylic acid groups (broad SMARTS) is 1. The van der Waals surface area contributed by atoms with E-state index >= 15 is 0 Å². The maximum absolute atomic E-state index is 12.6. The minimum absolute atomic E-state index is 0.0108. The number of aromatic nitrogens is 2. The molecule has 0 spiro atoms. The number of carbonyl (C=O) groups excluding carboxylic acids is 1. The van der Waals surface area contributed by atoms with E-state index in [0.717, 1.165) is 29.1 Å². The number of hydrogen-bond acceptors (Lipinski definition) is 4. The van der Waals surface area contributed by atoms with Crippen LogP contribution < -0.4 is 0 Å². The molecule has 2 heterocycles. The molecule has 144 valence electrons. The summed E-state index contributed by atoms with van der Waals surface area (Å²) in [5.41, 5.74) is 4.21. The SMILES string of the molecule is CO[C@H]1CCN(C(=O)c2ccc(-n3nc(C)c(CCC(=O)O)c3C)cc2)C1. The van der Waals surface area contributed by atoms with Crippen LogP contribution in [0.3, 0.4) is 0 Å². The molecule has 1 aliphatic rings. The monoisotopic (exact) mass is 371 g/mol. The summed E-state index contributed by atoms with van der Waals surface area (Å²) in [7, 11) is 1.67. The van der Waals surface area contributed by atoms with Gasteiger partial charge in [0.25, 0.3) is 5.91 Å². The summed E-state index contributed by atoms with van der Waals surface area (Å²) in [6.45, 7) is 5.16. The van der Waals surface area contributed by atoms with Crippen molar-refractivity contribution >= 4 is 11.9 Å². The van der Waals surface area contributed by atoms with E-state index in [2.05, 4.69) is 5.10 Å². The molecule has 0 aliphatic carbocycles. The Morgan fingerprint density at radius 2 is 1.96 bits per heavy atom. The zero-order valence-corrected chi connectivity index (χ0v) is 15.9. The third kappa shape index (κ3) is 4.03. The van der Waals surface area contributed by atoms with Crippen LogP contribution in [0.15, 0.2) is 24.3 Å². The average molecular weight is 371 g/mol. The molecule has 1 aromatic carbocycles. The van der Waals surface area contributed by atoms with Crippen molar-refractivity contribution in [2.24, 2.45) is 0 Å². The Morgan fingerprint density at radius 3 is 2.56 bits per heavy atom. The second kappa shape index (κ2) is 7.92. The maximum Gasteiger partial charge on any atom is 0.303 e. The Hall–Kier alpha value is -2.67. The first kappa shape index (κ1) is 19.1. The summed E-state index contributed by atoms with van der Waals surface area (Å²) in [6, 6.07) is 7.37. The molecule has 0 unspecified atom stereocenters. The van der Waals surface area contributed by atoms with Gasteiger partial charge in [-0.3, -0.25) is 9.59 Å². The smallest absolute Gasteiger partial charge is 0.303 e. The molecule has 1 atom stereocenters. The molecule has 1 aliphatic heterocycles. The lowest BCUT2D eigenvalue weighted by atomic mass is 10.1. The van der Waals surface area contributed by atoms with Crippen LogP contribution in [0.4, 0.5) is 0 Å². The Bertz CT molecular complexity index is 842. The van der Waals surface area contributed by atoms with Gasteiger partial charge in [-0.15, -0.1) is 0 Å². The third-order valence-electron chi connectivity index (χ3n) is 5.15. The highest BCUT2D eigenvalue weighted by molar-refractivity contribution is 5.94. The van der Waals surface area contributed by atoms with Gasteiger partial charge in [0.1, 0.15) is 0 Å². The van der Waals surface area contributed by atoms with Crippen LogP contribution in [0.25, 0.3) is 5.69 Å². The van der Waals surface area contributed by atoms with Crippen LogP contribution in [0, 0.1) is 13.8 Å². The van der Waals surface area contributed by atoms with E-state index in [0.29, 0.717) is 25.1 Å². The molecule has 1 amide bonds. The number of hydrogen-bond donors (Lipinski definition) is 1. The van der Waals surface area contributed by atoms with Gasteiger partial charge in [0.05, 0.1) is 17.5 Å². The Morgan fingerprint density at radius 1 is 1.26 bits per heavy atom. The van der Waals surface area contributed by atoms with Crippen LogP contribution in [0.5, 0.6) is 0 Å². The molecule has 7 heteroatoms. The number of benzene rings is 1. The Balaban J connectivity index is 1.77. The molecule has 3 rings (SSSR count). The zero-order chi connectivity index (χ0) is 19.6. The van der Waals surface area contributed by atoms with Crippen molar-refractivity contribution in [1.29, 1.82) is 0 Å². The van der Waals surface area contributed by atoms with Crippen molar-refractivity contribution in [3.8, 4) is 5.69 Å². The number of aryl methyl sites for hydroxylation is 1. The lowest BCUT2D eigenvalue weighted by Gasteiger charge is -2.16. The predicted octanol–water partition coefficient (Wildman–Crippen LogP) is 2.37. The minimum atomic E-state index is -0.818. The van der Waals surface area contributed by atoms with Gasteiger partial charge in [-0.25, -0.2) is 4.68 Å². The second-order valence-corrected chi connectivity index (χ2v) is 6.90. The fraction of sp³-hybridized carbons (Fsp3) is 0.450. The van der Waals surface area contributed by atoms with E-state index in [1.165, 1.54) is 0 Å². The van der Waals surface area contributed by atoms with Crippen LogP contribution in [0.1, 0.15) is 40.2 Å². The summed E-state index contributed by atoms with van der Waals surface area (Å²) in [6.07, 6.45) is 1.52. The van der Waals surface area contributed by atoms with E-state index in [-0.39, 0.29) is 18.4 Å². The van der Waals surface area contributed by atoms with Gasteiger partial charge in [0.2, 0.25) is 0 Å². The van der Waals surface area contributed by atoms with Crippen LogP contribution in [-0.4, -0.2) is 58.0 Å². The van der Waals surface area contributed by atoms with Crippen LogP contribution >= 0.6 is 0 Å². The van der Waals surface area contributed by atoms with Crippen molar-refractivity contribution in [1.82, 2.24) is 14.7 Å². The van der Waals surface area contributed by atoms with Gasteiger partial charge in [-0.05, 0) is 56.5 Å². The second-order valence-electron chi connectivity index (χ2n) is 6.90. The lowest BCUT2D eigenvalue weighted by Crippen LogP contribution is -2.29. The van der Waals surface area contributed by atoms with E-state index in [9.17, 15) is 9.59 Å². The lowest BCUT2D eigenvalue weighted by molar-refractivity contribution is -0.136. The maximum atomic E-state index is 12.6. The number of carbonyl (C=O) groups is 2. The van der Waals surface area contributed by atoms with E-state index in [1.54, 1.807) is 11.8 Å². The number of rotatable bonds is 6. The highest BCUT2D eigenvalue weighted by Crippen LogP contribution is 2.21. The molecule has 0 bridgehead atoms. The van der Waals surface area contributed by atoms with Crippen molar-refractivity contribution in [3.05, 3.63) is 46.8 Å². The van der Waals surface area contributed by atoms with E-state index < -0.39 is 5.97 Å². The van der Waals surface area contributed by atoms with Gasteiger partial charge >= 0.3 is 5.97 Å². The molecule has 1 N–H and O–H groups in total. The number of ether oxygens (including phenoxy) is 1. The van der Waals surface area contributed by atoms with Gasteiger partial charge in [0, 0.05) is 37.9 Å². The summed E-state index contributed by atoms with van der Waals surface area (Å²) in [5, 5.41) is 13.5. The first-order valence-corrected chi connectivity index (χ1v) is 9.10. The molecular weight excluding hydrogens is 346 g/mol. The molecule has 27 heavy (non-hydrogen) atoms. The number of amides is 1. The number of carboxylic acids is 1. The molecule has 1 saturated heterocycles. The normalized spacial score (nSPS) is 16.7. The molecule has 1 aromatic heterocycles. The van der Waals surface area contributed by atoms with Gasteiger partial charge in [-0.2, -0.15) is 5.10 Å². The molecular formula is C20H25N3O4. The molecule has 2 aromatic rings. The first-order valence-electron chi connectivity index (χ1n) is 9.10. The van der Waals surface area contributed by atoms with Crippen LogP contribution in [-0.2, 0) is 16.0 Å². The van der Waals surface area contributed by atoms with Crippen molar-refractivity contribution < 1.29 is 19.4 Å². The quantitative estimate of drug-likeness (QED) is 0.843. The van der Waals surface area contributed by atoms with Gasteiger partial charge < -0.3 is 14.7 Å². The summed E-state index contributed by atoms with van der Waals surface area (Å²) in [5.74, 6) is -0.807. The standard InChI is InChI=1S/C20H25N3O4/c1-13-18(8-9-19(24)25)14(2)23(21-13)16-6-4-15(5-7-16)20(26)22-11-10-17(12-22)27-3/h4-7,17H,8-12H2,1-3H3,(H,24,25)/t17-/m0/s1. The number of nitrogens with zero attached hydrogens (tertiary/aromatic N) is 3. The third-order valence-corrected chi connectivity index (χ3v) is 5.15.